The first-order chi connectivity index (χ1) is 24.5. The Kier molecular flexibility index (Phi) is 47.4. The first-order valence-electron chi connectivity index (χ1n) is 20.7. The second-order valence-corrected chi connectivity index (χ2v) is 13.9. The maximum atomic E-state index is 2.28. The fraction of sp³-hybridized carbons (Fsp3) is 0.564. The van der Waals surface area contributed by atoms with Gasteiger partial charge in [-0.05, 0) is 135 Å². The van der Waals surface area contributed by atoms with Gasteiger partial charge in [-0.2, -0.15) is 0 Å². The molecular weight excluding hydrogens is 661 g/mol. The number of rotatable bonds is 4. The molecule has 55 heavy (non-hydrogen) atoms. The SMILES string of the molecule is C.C.C.CC.CC.CC.CC.Cc1ccc(C(C)C)c(C)c1.Cc1ccc(C)c(C(C)C)c1.Cc1cccc(C(C)C)c1C.Cc1cccc(C)c1C(C)C. The summed E-state index contributed by atoms with van der Waals surface area (Å²) in [5.74, 6) is 2.59. The van der Waals surface area contributed by atoms with Crippen molar-refractivity contribution in [3.63, 3.8) is 0 Å². The van der Waals surface area contributed by atoms with Gasteiger partial charge in [-0.25, -0.2) is 0 Å². The van der Waals surface area contributed by atoms with Crippen molar-refractivity contribution in [2.24, 2.45) is 0 Å². The smallest absolute Gasteiger partial charge is 0.0214 e. The van der Waals surface area contributed by atoms with Crippen LogP contribution in [0.25, 0.3) is 0 Å². The van der Waals surface area contributed by atoms with E-state index in [9.17, 15) is 0 Å². The van der Waals surface area contributed by atoms with Crippen molar-refractivity contribution < 1.29 is 0 Å². The van der Waals surface area contributed by atoms with E-state index >= 15 is 0 Å². The molecule has 0 N–H and O–H groups in total. The van der Waals surface area contributed by atoms with Gasteiger partial charge < -0.3 is 0 Å². The number of hydrogen-bond acceptors (Lipinski definition) is 0. The summed E-state index contributed by atoms with van der Waals surface area (Å²) in [7, 11) is 0. The Morgan fingerprint density at radius 1 is 0.309 bits per heavy atom. The van der Waals surface area contributed by atoms with Crippen LogP contribution in [0.5, 0.6) is 0 Å². The van der Waals surface area contributed by atoms with E-state index in [1.807, 2.05) is 55.4 Å². The molecule has 0 saturated heterocycles. The summed E-state index contributed by atoms with van der Waals surface area (Å²) in [4.78, 5) is 0. The van der Waals surface area contributed by atoms with E-state index in [0.29, 0.717) is 23.7 Å². The Balaban J connectivity index is -0.000000103. The molecule has 0 saturated carbocycles. The molecule has 4 aromatic rings. The van der Waals surface area contributed by atoms with Gasteiger partial charge in [0, 0.05) is 0 Å². The van der Waals surface area contributed by atoms with Gasteiger partial charge >= 0.3 is 0 Å². The maximum absolute atomic E-state index is 2.28. The molecule has 0 aliphatic heterocycles. The van der Waals surface area contributed by atoms with Crippen molar-refractivity contribution in [3.8, 4) is 0 Å². The van der Waals surface area contributed by atoms with Gasteiger partial charge in [-0.15, -0.1) is 0 Å². The van der Waals surface area contributed by atoms with Crippen molar-refractivity contribution in [3.05, 3.63) is 140 Å². The van der Waals surface area contributed by atoms with Crippen molar-refractivity contribution in [2.75, 3.05) is 0 Å². The van der Waals surface area contributed by atoms with E-state index in [1.54, 1.807) is 0 Å². The Morgan fingerprint density at radius 3 is 1.00 bits per heavy atom. The summed E-state index contributed by atoms with van der Waals surface area (Å²) in [6, 6.07) is 26.3. The van der Waals surface area contributed by atoms with Gasteiger partial charge in [0.05, 0.1) is 0 Å². The third kappa shape index (κ3) is 27.2. The normalized spacial score (nSPS) is 8.95. The molecule has 0 heterocycles. The summed E-state index contributed by atoms with van der Waals surface area (Å²) in [6.45, 7) is 51.3. The topological polar surface area (TPSA) is 0 Å². The summed E-state index contributed by atoms with van der Waals surface area (Å²) in [5, 5.41) is 0. The van der Waals surface area contributed by atoms with Gasteiger partial charge in [0.25, 0.3) is 0 Å². The minimum Gasteiger partial charge on any atom is -0.0776 e. The Bertz CT molecular complexity index is 1400. The molecular formula is C55H100. The molecule has 0 amide bonds. The Morgan fingerprint density at radius 2 is 0.673 bits per heavy atom. The summed E-state index contributed by atoms with van der Waals surface area (Å²) in [5.41, 5.74) is 17.1. The van der Waals surface area contributed by atoms with Gasteiger partial charge in [0.1, 0.15) is 0 Å². The molecule has 320 valence electrons. The number of hydrogen-bond donors (Lipinski definition) is 0. The van der Waals surface area contributed by atoms with E-state index in [4.69, 9.17) is 0 Å². The minimum atomic E-state index is 0. The minimum absolute atomic E-state index is 0. The lowest BCUT2D eigenvalue weighted by molar-refractivity contribution is 0.846. The lowest BCUT2D eigenvalue weighted by Crippen LogP contribution is -1.94. The molecule has 0 aromatic heterocycles. The molecule has 4 rings (SSSR count). The van der Waals surface area contributed by atoms with E-state index in [1.165, 1.54) is 66.8 Å². The fourth-order valence-corrected chi connectivity index (χ4v) is 5.99. The largest absolute Gasteiger partial charge is 0.0776 e. The van der Waals surface area contributed by atoms with Crippen LogP contribution in [0.2, 0.25) is 0 Å². The highest BCUT2D eigenvalue weighted by atomic mass is 14.1. The molecule has 4 aromatic carbocycles. The molecule has 0 unspecified atom stereocenters. The number of benzene rings is 4. The Labute approximate surface area is 350 Å². The molecule has 0 spiro atoms. The van der Waals surface area contributed by atoms with E-state index in [2.05, 4.69) is 184 Å². The van der Waals surface area contributed by atoms with E-state index < -0.39 is 0 Å². The quantitative estimate of drug-likeness (QED) is 0.194. The zero-order valence-electron chi connectivity index (χ0n) is 39.2. The van der Waals surface area contributed by atoms with Crippen molar-refractivity contribution in [1.29, 1.82) is 0 Å². The summed E-state index contributed by atoms with van der Waals surface area (Å²) >= 11 is 0. The molecule has 0 fully saturated rings. The van der Waals surface area contributed by atoms with Crippen LogP contribution in [-0.4, -0.2) is 0 Å². The molecule has 0 nitrogen and oxygen atoms in total. The van der Waals surface area contributed by atoms with Crippen LogP contribution in [-0.2, 0) is 0 Å². The zero-order valence-corrected chi connectivity index (χ0v) is 39.2. The predicted octanol–water partition coefficient (Wildman–Crippen LogP) is 19.7. The Hall–Kier alpha value is -3.12. The van der Waals surface area contributed by atoms with Crippen molar-refractivity contribution in [2.45, 2.75) is 212 Å². The average molecular weight is 761 g/mol. The summed E-state index contributed by atoms with van der Waals surface area (Å²) < 4.78 is 0. The van der Waals surface area contributed by atoms with E-state index in [-0.39, 0.29) is 22.3 Å². The molecule has 0 bridgehead atoms. The van der Waals surface area contributed by atoms with Gasteiger partial charge in [-0.1, -0.05) is 217 Å². The zero-order chi connectivity index (χ0) is 41.7. The standard InChI is InChI=1S/4C11H16.4C2H6.3CH4/c1-8(2)11-6-5-9(3)7-10(11)4;1-8(2)11-7-9(3)5-6-10(11)4;1-8(2)11-7-5-6-9(3)10(11)4;1-8(2)11-9(3)6-5-7-10(11)4;4*1-2;;;/h4*5-8H,1-4H3;4*1-2H3;3*1H4. The third-order valence-electron chi connectivity index (χ3n) is 8.49. The first-order valence-corrected chi connectivity index (χ1v) is 20.7. The maximum Gasteiger partial charge on any atom is -0.0214 e. The van der Waals surface area contributed by atoms with Crippen LogP contribution in [0.4, 0.5) is 0 Å². The van der Waals surface area contributed by atoms with E-state index in [0.717, 1.165) is 0 Å². The van der Waals surface area contributed by atoms with Crippen molar-refractivity contribution >= 4 is 0 Å². The molecule has 0 aliphatic rings. The second-order valence-electron chi connectivity index (χ2n) is 13.9. The number of aryl methyl sites for hydroxylation is 7. The monoisotopic (exact) mass is 761 g/mol. The first kappa shape index (κ1) is 66.7. The highest BCUT2D eigenvalue weighted by molar-refractivity contribution is 5.36. The van der Waals surface area contributed by atoms with Crippen LogP contribution in [0.15, 0.2) is 72.8 Å². The van der Waals surface area contributed by atoms with Crippen LogP contribution in [0.3, 0.4) is 0 Å². The van der Waals surface area contributed by atoms with Crippen LogP contribution >= 0.6 is 0 Å². The molecule has 0 atom stereocenters. The van der Waals surface area contributed by atoms with Crippen LogP contribution < -0.4 is 0 Å². The highest BCUT2D eigenvalue weighted by Gasteiger charge is 2.06. The predicted molar refractivity (Wildman–Crippen MR) is 266 cm³/mol. The molecule has 0 radical (unpaired) electrons. The van der Waals surface area contributed by atoms with Crippen LogP contribution in [0, 0.1) is 55.4 Å². The summed E-state index contributed by atoms with van der Waals surface area (Å²) in [6.07, 6.45) is 0. The molecule has 0 aliphatic carbocycles. The van der Waals surface area contributed by atoms with Crippen molar-refractivity contribution in [1.82, 2.24) is 0 Å². The third-order valence-corrected chi connectivity index (χ3v) is 8.49. The van der Waals surface area contributed by atoms with Gasteiger partial charge in [0.15, 0.2) is 0 Å². The fourth-order valence-electron chi connectivity index (χ4n) is 5.99. The van der Waals surface area contributed by atoms with Gasteiger partial charge in [0.2, 0.25) is 0 Å². The highest BCUT2D eigenvalue weighted by Crippen LogP contribution is 2.23. The average Bonchev–Trinajstić information content (AvgIpc) is 3.11. The molecule has 0 heteroatoms. The lowest BCUT2D eigenvalue weighted by atomic mass is 9.94. The van der Waals surface area contributed by atoms with Crippen LogP contribution in [0.1, 0.15) is 223 Å². The lowest BCUT2D eigenvalue weighted by Gasteiger charge is -2.12. The second kappa shape index (κ2) is 39.1. The van der Waals surface area contributed by atoms with Gasteiger partial charge in [-0.3, -0.25) is 0 Å².